The van der Waals surface area contributed by atoms with Gasteiger partial charge in [-0.3, -0.25) is 0 Å². The fraction of sp³-hybridized carbons (Fsp3) is 1.00. The van der Waals surface area contributed by atoms with Crippen LogP contribution < -0.4 is 5.32 Å². The van der Waals surface area contributed by atoms with E-state index < -0.39 is 0 Å². The van der Waals surface area contributed by atoms with E-state index in [9.17, 15) is 0 Å². The lowest BCUT2D eigenvalue weighted by atomic mass is 9.79. The summed E-state index contributed by atoms with van der Waals surface area (Å²) in [6.07, 6.45) is 9.85. The van der Waals surface area contributed by atoms with Crippen LogP contribution in [0.2, 0.25) is 0 Å². The van der Waals surface area contributed by atoms with E-state index in [0.29, 0.717) is 17.5 Å². The van der Waals surface area contributed by atoms with E-state index >= 15 is 0 Å². The van der Waals surface area contributed by atoms with Gasteiger partial charge in [0.25, 0.3) is 0 Å². The zero-order chi connectivity index (χ0) is 15.0. The van der Waals surface area contributed by atoms with Gasteiger partial charge in [-0.1, -0.05) is 46.5 Å². The van der Waals surface area contributed by atoms with Gasteiger partial charge in [-0.25, -0.2) is 0 Å². The van der Waals surface area contributed by atoms with Gasteiger partial charge in [0.2, 0.25) is 0 Å². The van der Waals surface area contributed by atoms with E-state index in [-0.39, 0.29) is 0 Å². The third-order valence-corrected chi connectivity index (χ3v) is 4.83. The first kappa shape index (κ1) is 18.0. The van der Waals surface area contributed by atoms with E-state index in [1.165, 1.54) is 64.6 Å². The molecular weight excluding hydrogens is 244 g/mol. The predicted octanol–water partition coefficient (Wildman–Crippen LogP) is 4.45. The number of rotatable bonds is 8. The number of nitrogens with one attached hydrogen (secondary N) is 1. The van der Waals surface area contributed by atoms with Crippen LogP contribution in [-0.2, 0) is 0 Å². The fourth-order valence-electron chi connectivity index (χ4n) is 3.53. The molecule has 0 radical (unpaired) electrons. The number of hydrogen-bond acceptors (Lipinski definition) is 2. The summed E-state index contributed by atoms with van der Waals surface area (Å²) in [5.41, 5.74) is 0.514. The normalized spacial score (nSPS) is 19.8. The van der Waals surface area contributed by atoms with Crippen LogP contribution in [0.3, 0.4) is 0 Å². The summed E-state index contributed by atoms with van der Waals surface area (Å²) in [6.45, 7) is 15.3. The molecule has 1 N–H and O–H groups in total. The van der Waals surface area contributed by atoms with Crippen LogP contribution in [0.4, 0.5) is 0 Å². The molecule has 0 bridgehead atoms. The molecule has 0 saturated heterocycles. The maximum absolute atomic E-state index is 3.74. The molecule has 20 heavy (non-hydrogen) atoms. The average Bonchev–Trinajstić information content (AvgIpc) is 2.62. The summed E-state index contributed by atoms with van der Waals surface area (Å²) in [5, 5.41) is 3.74. The second-order valence-corrected chi connectivity index (χ2v) is 7.51. The van der Waals surface area contributed by atoms with Gasteiger partial charge in [-0.2, -0.15) is 0 Å². The molecule has 2 heteroatoms. The third-order valence-electron chi connectivity index (χ3n) is 4.83. The predicted molar refractivity (Wildman–Crippen MR) is 90.3 cm³/mol. The summed E-state index contributed by atoms with van der Waals surface area (Å²) >= 11 is 0. The topological polar surface area (TPSA) is 15.3 Å². The minimum atomic E-state index is 0.514. The molecule has 0 atom stereocenters. The average molecular weight is 283 g/mol. The van der Waals surface area contributed by atoms with Crippen LogP contribution in [0.15, 0.2) is 0 Å². The first-order valence-corrected chi connectivity index (χ1v) is 8.96. The summed E-state index contributed by atoms with van der Waals surface area (Å²) in [5.74, 6) is 0. The van der Waals surface area contributed by atoms with E-state index in [1.54, 1.807) is 0 Å². The van der Waals surface area contributed by atoms with Crippen molar-refractivity contribution in [3.63, 3.8) is 0 Å². The van der Waals surface area contributed by atoms with Gasteiger partial charge in [-0.05, 0) is 45.1 Å². The molecule has 0 unspecified atom stereocenters. The molecule has 0 aromatic rings. The molecular formula is C18H38N2. The zero-order valence-electron chi connectivity index (χ0n) is 14.7. The molecule has 2 nitrogen and oxygen atoms in total. The molecule has 120 valence electrons. The van der Waals surface area contributed by atoms with Crippen molar-refractivity contribution in [2.75, 3.05) is 19.6 Å². The quantitative estimate of drug-likeness (QED) is 0.662. The minimum absolute atomic E-state index is 0.514. The highest BCUT2D eigenvalue weighted by molar-refractivity contribution is 4.88. The van der Waals surface area contributed by atoms with Gasteiger partial charge in [-0.15, -0.1) is 0 Å². The van der Waals surface area contributed by atoms with Crippen LogP contribution >= 0.6 is 0 Å². The molecule has 0 aliphatic heterocycles. The van der Waals surface area contributed by atoms with E-state index in [4.69, 9.17) is 0 Å². The van der Waals surface area contributed by atoms with Crippen molar-refractivity contribution in [3.05, 3.63) is 0 Å². The Morgan fingerprint density at radius 1 is 1.00 bits per heavy atom. The van der Waals surface area contributed by atoms with Crippen LogP contribution in [0, 0.1) is 5.41 Å². The second-order valence-electron chi connectivity index (χ2n) is 7.51. The first-order chi connectivity index (χ1) is 9.49. The molecule has 0 aromatic carbocycles. The largest absolute Gasteiger partial charge is 0.314 e. The molecule has 1 saturated carbocycles. The first-order valence-electron chi connectivity index (χ1n) is 8.96. The van der Waals surface area contributed by atoms with Crippen LogP contribution in [-0.4, -0.2) is 36.6 Å². The Balaban J connectivity index is 2.73. The Hall–Kier alpha value is -0.0800. The maximum atomic E-state index is 3.74. The lowest BCUT2D eigenvalue weighted by Gasteiger charge is -2.40. The van der Waals surface area contributed by atoms with Gasteiger partial charge >= 0.3 is 0 Å². The highest BCUT2D eigenvalue weighted by Gasteiger charge is 2.33. The van der Waals surface area contributed by atoms with Crippen molar-refractivity contribution in [2.24, 2.45) is 5.41 Å². The van der Waals surface area contributed by atoms with Crippen molar-refractivity contribution in [2.45, 2.75) is 91.6 Å². The molecule has 1 aliphatic rings. The molecule has 0 heterocycles. The second kappa shape index (κ2) is 9.04. The van der Waals surface area contributed by atoms with Crippen molar-refractivity contribution in [1.82, 2.24) is 10.2 Å². The molecule has 1 fully saturated rings. The summed E-state index contributed by atoms with van der Waals surface area (Å²) in [7, 11) is 0. The van der Waals surface area contributed by atoms with Gasteiger partial charge < -0.3 is 10.2 Å². The van der Waals surface area contributed by atoms with Crippen LogP contribution in [0.25, 0.3) is 0 Å². The van der Waals surface area contributed by atoms with Gasteiger partial charge in [0.1, 0.15) is 0 Å². The van der Waals surface area contributed by atoms with E-state index in [1.807, 2.05) is 0 Å². The van der Waals surface area contributed by atoms with Gasteiger partial charge in [0.15, 0.2) is 0 Å². The number of hydrogen-bond donors (Lipinski definition) is 1. The minimum Gasteiger partial charge on any atom is -0.314 e. The Bertz CT molecular complexity index is 240. The summed E-state index contributed by atoms with van der Waals surface area (Å²) in [6, 6.07) is 1.28. The maximum Gasteiger partial charge on any atom is 0.00528 e. The van der Waals surface area contributed by atoms with Crippen LogP contribution in [0.5, 0.6) is 0 Å². The summed E-state index contributed by atoms with van der Waals surface area (Å²) in [4.78, 5) is 2.72. The van der Waals surface area contributed by atoms with Crippen molar-refractivity contribution < 1.29 is 0 Å². The van der Waals surface area contributed by atoms with Gasteiger partial charge in [0.05, 0.1) is 0 Å². The van der Waals surface area contributed by atoms with E-state index in [2.05, 4.69) is 44.8 Å². The van der Waals surface area contributed by atoms with Gasteiger partial charge in [0, 0.05) is 25.2 Å². The Kier molecular flexibility index (Phi) is 8.13. The smallest absolute Gasteiger partial charge is 0.00528 e. The summed E-state index contributed by atoms with van der Waals surface area (Å²) < 4.78 is 0. The van der Waals surface area contributed by atoms with E-state index in [0.717, 1.165) is 0 Å². The van der Waals surface area contributed by atoms with Crippen molar-refractivity contribution in [3.8, 4) is 0 Å². The third kappa shape index (κ3) is 6.13. The molecule has 0 amide bonds. The van der Waals surface area contributed by atoms with Crippen LogP contribution in [0.1, 0.15) is 79.6 Å². The molecule has 0 aromatic heterocycles. The molecule has 1 aliphatic carbocycles. The Morgan fingerprint density at radius 2 is 1.60 bits per heavy atom. The number of nitrogens with zero attached hydrogens (tertiary/aromatic N) is 1. The standard InChI is InChI=1S/C18H38N2/c1-6-13-20(17(4)5)15-18(14-19-16(2)3)11-9-7-8-10-12-18/h16-17,19H,6-15H2,1-5H3. The van der Waals surface area contributed by atoms with Crippen molar-refractivity contribution >= 4 is 0 Å². The monoisotopic (exact) mass is 282 g/mol. The Labute approximate surface area is 127 Å². The van der Waals surface area contributed by atoms with Crippen molar-refractivity contribution in [1.29, 1.82) is 0 Å². The highest BCUT2D eigenvalue weighted by Crippen LogP contribution is 2.36. The zero-order valence-corrected chi connectivity index (χ0v) is 14.7. The molecule has 1 rings (SSSR count). The fourth-order valence-corrected chi connectivity index (χ4v) is 3.53. The Morgan fingerprint density at radius 3 is 2.05 bits per heavy atom. The molecule has 0 spiro atoms. The SMILES string of the molecule is CCCN(CC1(CNC(C)C)CCCCCC1)C(C)C. The lowest BCUT2D eigenvalue weighted by molar-refractivity contribution is 0.101. The lowest BCUT2D eigenvalue weighted by Crippen LogP contribution is -2.47. The highest BCUT2D eigenvalue weighted by atomic mass is 15.2.